The van der Waals surface area contributed by atoms with E-state index >= 15 is 0 Å². The molecule has 0 radical (unpaired) electrons. The van der Waals surface area contributed by atoms with E-state index in [1.165, 1.54) is 5.56 Å². The second kappa shape index (κ2) is 5.74. The second-order valence-electron chi connectivity index (χ2n) is 5.71. The molecule has 1 saturated heterocycles. The molecule has 3 heteroatoms. The first-order chi connectivity index (χ1) is 9.34. The Bertz CT molecular complexity index is 422. The molecule has 0 spiro atoms. The Labute approximate surface area is 115 Å². The van der Waals surface area contributed by atoms with Crippen LogP contribution in [0.5, 0.6) is 0 Å². The minimum absolute atomic E-state index is 0.318. The van der Waals surface area contributed by atoms with Gasteiger partial charge in [0.1, 0.15) is 0 Å². The van der Waals surface area contributed by atoms with Crippen molar-refractivity contribution in [3.63, 3.8) is 0 Å². The van der Waals surface area contributed by atoms with Gasteiger partial charge in [0.15, 0.2) is 0 Å². The smallest absolute Gasteiger partial charge is 0.226 e. The molecule has 1 aromatic carbocycles. The van der Waals surface area contributed by atoms with Gasteiger partial charge < -0.3 is 10.2 Å². The van der Waals surface area contributed by atoms with Gasteiger partial charge in [-0.25, -0.2) is 0 Å². The Kier molecular flexibility index (Phi) is 3.83. The van der Waals surface area contributed by atoms with Crippen LogP contribution in [0.3, 0.4) is 0 Å². The molecule has 1 aromatic rings. The molecule has 1 N–H and O–H groups in total. The van der Waals surface area contributed by atoms with Gasteiger partial charge in [-0.3, -0.25) is 4.79 Å². The van der Waals surface area contributed by atoms with E-state index in [2.05, 4.69) is 34.5 Å². The fourth-order valence-electron chi connectivity index (χ4n) is 2.85. The zero-order valence-electron chi connectivity index (χ0n) is 11.3. The van der Waals surface area contributed by atoms with Gasteiger partial charge in [0.05, 0.1) is 0 Å². The summed E-state index contributed by atoms with van der Waals surface area (Å²) in [6.45, 7) is 2.85. The third-order valence-electron chi connectivity index (χ3n) is 4.15. The highest BCUT2D eigenvalue weighted by Gasteiger charge is 2.36. The van der Waals surface area contributed by atoms with Crippen LogP contribution in [0.4, 0.5) is 0 Å². The summed E-state index contributed by atoms with van der Waals surface area (Å²) in [7, 11) is 0. The van der Waals surface area contributed by atoms with Crippen LogP contribution in [0.25, 0.3) is 0 Å². The first kappa shape index (κ1) is 12.7. The summed E-state index contributed by atoms with van der Waals surface area (Å²) >= 11 is 0. The number of nitrogens with one attached hydrogen (secondary N) is 1. The van der Waals surface area contributed by atoms with Crippen molar-refractivity contribution >= 4 is 5.91 Å². The highest BCUT2D eigenvalue weighted by molar-refractivity contribution is 5.81. The van der Waals surface area contributed by atoms with E-state index in [4.69, 9.17) is 0 Å². The van der Waals surface area contributed by atoms with Gasteiger partial charge in [-0.2, -0.15) is 0 Å². The maximum Gasteiger partial charge on any atom is 0.226 e. The van der Waals surface area contributed by atoms with Gasteiger partial charge in [-0.15, -0.1) is 0 Å². The zero-order chi connectivity index (χ0) is 13.1. The molecule has 0 atom stereocenters. The average molecular weight is 258 g/mol. The topological polar surface area (TPSA) is 32.3 Å². The number of amides is 1. The van der Waals surface area contributed by atoms with E-state index in [-0.39, 0.29) is 0 Å². The maximum absolute atomic E-state index is 12.5. The minimum atomic E-state index is 0.318. The molecule has 1 aliphatic heterocycles. The van der Waals surface area contributed by atoms with E-state index < -0.39 is 0 Å². The summed E-state index contributed by atoms with van der Waals surface area (Å²) in [6.07, 6.45) is 4.36. The number of benzene rings is 1. The van der Waals surface area contributed by atoms with Crippen molar-refractivity contribution in [1.29, 1.82) is 0 Å². The summed E-state index contributed by atoms with van der Waals surface area (Å²) in [5.74, 6) is 0.703. The maximum atomic E-state index is 12.5. The lowest BCUT2D eigenvalue weighted by molar-refractivity contribution is -0.136. The summed E-state index contributed by atoms with van der Waals surface area (Å²) in [4.78, 5) is 14.7. The van der Waals surface area contributed by atoms with E-state index in [1.54, 1.807) is 0 Å². The van der Waals surface area contributed by atoms with E-state index in [0.29, 0.717) is 17.9 Å². The van der Waals surface area contributed by atoms with Crippen molar-refractivity contribution in [1.82, 2.24) is 10.2 Å². The minimum Gasteiger partial charge on any atom is -0.335 e. The molecule has 1 aliphatic carbocycles. The van der Waals surface area contributed by atoms with Crippen LogP contribution in [-0.4, -0.2) is 29.9 Å². The third-order valence-corrected chi connectivity index (χ3v) is 4.15. The third kappa shape index (κ3) is 3.16. The molecule has 2 aliphatic rings. The molecule has 3 rings (SSSR count). The molecule has 1 amide bonds. The fraction of sp³-hybridized carbons (Fsp3) is 0.562. The van der Waals surface area contributed by atoms with Crippen molar-refractivity contribution in [3.8, 4) is 0 Å². The quantitative estimate of drug-likeness (QED) is 0.897. The molecule has 0 unspecified atom stereocenters. The van der Waals surface area contributed by atoms with Gasteiger partial charge in [-0.1, -0.05) is 30.3 Å². The van der Waals surface area contributed by atoms with Gasteiger partial charge >= 0.3 is 0 Å². The molecule has 0 bridgehead atoms. The van der Waals surface area contributed by atoms with Crippen molar-refractivity contribution < 1.29 is 4.79 Å². The van der Waals surface area contributed by atoms with Crippen LogP contribution in [0.2, 0.25) is 0 Å². The van der Waals surface area contributed by atoms with Crippen molar-refractivity contribution in [2.24, 2.45) is 5.92 Å². The number of rotatable bonds is 4. The van der Waals surface area contributed by atoms with Gasteiger partial charge in [-0.05, 0) is 44.3 Å². The number of nitrogens with zero attached hydrogens (tertiary/aromatic N) is 1. The van der Waals surface area contributed by atoms with Crippen LogP contribution in [0.1, 0.15) is 31.2 Å². The molecular weight excluding hydrogens is 236 g/mol. The Morgan fingerprint density at radius 3 is 2.42 bits per heavy atom. The van der Waals surface area contributed by atoms with Gasteiger partial charge in [0, 0.05) is 18.5 Å². The largest absolute Gasteiger partial charge is 0.335 e. The molecule has 2 fully saturated rings. The van der Waals surface area contributed by atoms with Crippen LogP contribution in [0, 0.1) is 5.92 Å². The first-order valence-electron chi connectivity index (χ1n) is 7.40. The van der Waals surface area contributed by atoms with Crippen molar-refractivity contribution in [2.45, 2.75) is 38.3 Å². The molecule has 1 heterocycles. The molecular formula is C16H22N2O. The molecule has 19 heavy (non-hydrogen) atoms. The van der Waals surface area contributed by atoms with E-state index in [9.17, 15) is 4.79 Å². The first-order valence-corrected chi connectivity index (χ1v) is 7.40. The van der Waals surface area contributed by atoms with Crippen molar-refractivity contribution in [3.05, 3.63) is 35.9 Å². The number of hydrogen-bond acceptors (Lipinski definition) is 2. The zero-order valence-corrected chi connectivity index (χ0v) is 11.3. The summed E-state index contributed by atoms with van der Waals surface area (Å²) in [5, 5.41) is 3.38. The van der Waals surface area contributed by atoms with Gasteiger partial charge in [0.25, 0.3) is 0 Å². The molecule has 1 saturated carbocycles. The van der Waals surface area contributed by atoms with Crippen LogP contribution in [-0.2, 0) is 11.3 Å². The normalized spacial score (nSPS) is 20.2. The lowest BCUT2D eigenvalue weighted by Crippen LogP contribution is -2.46. The number of carbonyl (C=O) groups is 1. The summed E-state index contributed by atoms with van der Waals surface area (Å²) in [6, 6.07) is 10.8. The highest BCUT2D eigenvalue weighted by atomic mass is 16.2. The monoisotopic (exact) mass is 258 g/mol. The Balaban J connectivity index is 1.73. The van der Waals surface area contributed by atoms with E-state index in [1.807, 2.05) is 6.07 Å². The lowest BCUT2D eigenvalue weighted by atomic mass is 10.0. The Morgan fingerprint density at radius 1 is 1.11 bits per heavy atom. The van der Waals surface area contributed by atoms with Crippen LogP contribution >= 0.6 is 0 Å². The second-order valence-corrected chi connectivity index (χ2v) is 5.71. The number of carbonyl (C=O) groups excluding carboxylic acids is 1. The number of piperidine rings is 1. The van der Waals surface area contributed by atoms with E-state index in [0.717, 1.165) is 45.3 Å². The van der Waals surface area contributed by atoms with Gasteiger partial charge in [0.2, 0.25) is 5.91 Å². The summed E-state index contributed by atoms with van der Waals surface area (Å²) < 4.78 is 0. The number of hydrogen-bond donors (Lipinski definition) is 1. The lowest BCUT2D eigenvalue weighted by Gasteiger charge is -2.35. The predicted molar refractivity (Wildman–Crippen MR) is 75.6 cm³/mol. The molecule has 0 aromatic heterocycles. The average Bonchev–Trinajstić information content (AvgIpc) is 3.31. The van der Waals surface area contributed by atoms with Crippen LogP contribution in [0.15, 0.2) is 30.3 Å². The van der Waals surface area contributed by atoms with Crippen LogP contribution < -0.4 is 5.32 Å². The highest BCUT2D eigenvalue weighted by Crippen LogP contribution is 2.33. The predicted octanol–water partition coefficient (Wildman–Crippen LogP) is 2.18. The Morgan fingerprint density at radius 2 is 1.79 bits per heavy atom. The fourth-order valence-corrected chi connectivity index (χ4v) is 2.85. The standard InChI is InChI=1S/C16H22N2O/c19-16(14-6-7-14)18(15-8-10-17-11-9-15)12-13-4-2-1-3-5-13/h1-5,14-15,17H,6-12H2. The molecule has 102 valence electrons. The SMILES string of the molecule is O=C(C1CC1)N(Cc1ccccc1)C1CCNCC1. The Hall–Kier alpha value is -1.35. The van der Waals surface area contributed by atoms with Crippen molar-refractivity contribution in [2.75, 3.05) is 13.1 Å². The summed E-state index contributed by atoms with van der Waals surface area (Å²) in [5.41, 5.74) is 1.25. The molecule has 3 nitrogen and oxygen atoms in total.